The van der Waals surface area contributed by atoms with Crippen LogP contribution >= 0.6 is 0 Å². The number of nitrogens with zero attached hydrogens (tertiary/aromatic N) is 3. The van der Waals surface area contributed by atoms with E-state index in [2.05, 4.69) is 34.1 Å². The smallest absolute Gasteiger partial charge is 0.193 e. The number of methoxy groups -OCH3 is 1. The molecular weight excluding hydrogens is 319 g/mol. The SMILES string of the molecule is CCN1CCCC1CN(C)C(=NC)NCC(OC)c1ccc(F)cc1. The Labute approximate surface area is 150 Å². The molecule has 1 aliphatic heterocycles. The molecule has 5 nitrogen and oxygen atoms in total. The van der Waals surface area contributed by atoms with Crippen LogP contribution in [0.2, 0.25) is 0 Å². The highest BCUT2D eigenvalue weighted by Gasteiger charge is 2.25. The fourth-order valence-corrected chi connectivity index (χ4v) is 3.50. The maximum Gasteiger partial charge on any atom is 0.193 e. The first-order valence-corrected chi connectivity index (χ1v) is 9.03. The van der Waals surface area contributed by atoms with Gasteiger partial charge in [0.1, 0.15) is 5.82 Å². The second-order valence-electron chi connectivity index (χ2n) is 6.51. The van der Waals surface area contributed by atoms with E-state index < -0.39 is 0 Å². The molecule has 0 amide bonds. The highest BCUT2D eigenvalue weighted by atomic mass is 19.1. The lowest BCUT2D eigenvalue weighted by Gasteiger charge is -2.30. The fourth-order valence-electron chi connectivity index (χ4n) is 3.50. The predicted molar refractivity (Wildman–Crippen MR) is 100 cm³/mol. The molecule has 1 saturated heterocycles. The van der Waals surface area contributed by atoms with E-state index in [9.17, 15) is 4.39 Å². The lowest BCUT2D eigenvalue weighted by atomic mass is 10.1. The lowest BCUT2D eigenvalue weighted by Crippen LogP contribution is -2.46. The number of aliphatic imine (C=N–C) groups is 1. The molecule has 0 bridgehead atoms. The van der Waals surface area contributed by atoms with Crippen molar-refractivity contribution in [1.29, 1.82) is 0 Å². The van der Waals surface area contributed by atoms with Crippen LogP contribution in [0.5, 0.6) is 0 Å². The monoisotopic (exact) mass is 350 g/mol. The summed E-state index contributed by atoms with van der Waals surface area (Å²) in [5, 5.41) is 3.38. The van der Waals surface area contributed by atoms with Gasteiger partial charge in [-0.05, 0) is 43.6 Å². The fraction of sp³-hybridized carbons (Fsp3) is 0.632. The molecule has 0 aliphatic carbocycles. The number of nitrogens with one attached hydrogen (secondary N) is 1. The average molecular weight is 350 g/mol. The first-order chi connectivity index (χ1) is 12.1. The molecule has 1 fully saturated rings. The van der Waals surface area contributed by atoms with Crippen LogP contribution in [0.15, 0.2) is 29.3 Å². The second-order valence-corrected chi connectivity index (χ2v) is 6.51. The van der Waals surface area contributed by atoms with Crippen molar-refractivity contribution in [3.8, 4) is 0 Å². The molecule has 1 N–H and O–H groups in total. The summed E-state index contributed by atoms with van der Waals surface area (Å²) in [5.74, 6) is 0.617. The van der Waals surface area contributed by atoms with Gasteiger partial charge in [0.05, 0.1) is 6.10 Å². The minimum absolute atomic E-state index is 0.149. The van der Waals surface area contributed by atoms with Gasteiger partial charge in [-0.1, -0.05) is 19.1 Å². The summed E-state index contributed by atoms with van der Waals surface area (Å²) in [5.41, 5.74) is 0.947. The largest absolute Gasteiger partial charge is 0.375 e. The van der Waals surface area contributed by atoms with Crippen molar-refractivity contribution >= 4 is 5.96 Å². The molecule has 6 heteroatoms. The molecule has 1 heterocycles. The summed E-state index contributed by atoms with van der Waals surface area (Å²) in [4.78, 5) is 9.10. The normalized spacial score (nSPS) is 19.9. The predicted octanol–water partition coefficient (Wildman–Crippen LogP) is 2.50. The highest BCUT2D eigenvalue weighted by molar-refractivity contribution is 5.79. The van der Waals surface area contributed by atoms with Crippen molar-refractivity contribution < 1.29 is 9.13 Å². The van der Waals surface area contributed by atoms with Crippen molar-refractivity contribution in [2.75, 3.05) is 47.4 Å². The summed E-state index contributed by atoms with van der Waals surface area (Å²) in [7, 11) is 5.53. The third-order valence-corrected chi connectivity index (χ3v) is 4.94. The van der Waals surface area contributed by atoms with Gasteiger partial charge >= 0.3 is 0 Å². The summed E-state index contributed by atoms with van der Waals surface area (Å²) in [6, 6.07) is 7.03. The minimum atomic E-state index is -0.237. The van der Waals surface area contributed by atoms with E-state index >= 15 is 0 Å². The van der Waals surface area contributed by atoms with Gasteiger partial charge in [0.2, 0.25) is 0 Å². The van der Waals surface area contributed by atoms with E-state index in [-0.39, 0.29) is 11.9 Å². The van der Waals surface area contributed by atoms with E-state index in [1.54, 1.807) is 26.3 Å². The molecule has 1 aromatic carbocycles. The Balaban J connectivity index is 1.90. The van der Waals surface area contributed by atoms with E-state index in [4.69, 9.17) is 4.74 Å². The molecule has 2 atom stereocenters. The van der Waals surface area contributed by atoms with Crippen LogP contribution in [0.4, 0.5) is 4.39 Å². The molecular formula is C19H31FN4O. The number of likely N-dealkylation sites (tertiary alicyclic amines) is 1. The van der Waals surface area contributed by atoms with Gasteiger partial charge in [0.25, 0.3) is 0 Å². The van der Waals surface area contributed by atoms with Crippen LogP contribution in [0.1, 0.15) is 31.4 Å². The number of halogens is 1. The van der Waals surface area contributed by atoms with Gasteiger partial charge in [-0.3, -0.25) is 9.89 Å². The van der Waals surface area contributed by atoms with Crippen LogP contribution in [-0.4, -0.2) is 69.2 Å². The first kappa shape index (κ1) is 19.7. The lowest BCUT2D eigenvalue weighted by molar-refractivity contribution is 0.105. The van der Waals surface area contributed by atoms with Gasteiger partial charge in [-0.25, -0.2) is 4.39 Å². The van der Waals surface area contributed by atoms with Gasteiger partial charge in [-0.15, -0.1) is 0 Å². The number of hydrogen-bond acceptors (Lipinski definition) is 3. The number of rotatable bonds is 7. The van der Waals surface area contributed by atoms with E-state index in [0.29, 0.717) is 12.6 Å². The average Bonchev–Trinajstić information content (AvgIpc) is 3.07. The summed E-state index contributed by atoms with van der Waals surface area (Å²) in [6.45, 7) is 6.05. The third kappa shape index (κ3) is 5.41. The molecule has 1 aliphatic rings. The molecule has 25 heavy (non-hydrogen) atoms. The highest BCUT2D eigenvalue weighted by Crippen LogP contribution is 2.18. The van der Waals surface area contributed by atoms with Gasteiger partial charge in [0, 0.05) is 40.3 Å². The standard InChI is InChI=1S/C19H31FN4O/c1-5-24-12-6-7-17(24)14-23(3)19(21-2)22-13-18(25-4)15-8-10-16(20)11-9-15/h8-11,17-18H,5-7,12-14H2,1-4H3,(H,21,22). The zero-order valence-electron chi connectivity index (χ0n) is 15.8. The van der Waals surface area contributed by atoms with Crippen LogP contribution in [-0.2, 0) is 4.74 Å². The minimum Gasteiger partial charge on any atom is -0.375 e. The second kappa shape index (κ2) is 9.73. The van der Waals surface area contributed by atoms with E-state index in [1.165, 1.54) is 31.5 Å². The number of guanidine groups is 1. The van der Waals surface area contributed by atoms with Crippen LogP contribution in [0.3, 0.4) is 0 Å². The summed E-state index contributed by atoms with van der Waals surface area (Å²) < 4.78 is 18.6. The number of benzene rings is 1. The molecule has 0 radical (unpaired) electrons. The Morgan fingerprint density at radius 3 is 2.76 bits per heavy atom. The van der Waals surface area contributed by atoms with Crippen molar-refractivity contribution in [2.24, 2.45) is 4.99 Å². The summed E-state index contributed by atoms with van der Waals surface area (Å²) >= 11 is 0. The molecule has 0 saturated carbocycles. The molecule has 0 spiro atoms. The van der Waals surface area contributed by atoms with Crippen molar-refractivity contribution in [2.45, 2.75) is 31.9 Å². The Morgan fingerprint density at radius 2 is 2.16 bits per heavy atom. The Kier molecular flexibility index (Phi) is 7.65. The third-order valence-electron chi connectivity index (χ3n) is 4.94. The zero-order chi connectivity index (χ0) is 18.2. The van der Waals surface area contributed by atoms with E-state index in [0.717, 1.165) is 24.6 Å². The van der Waals surface area contributed by atoms with E-state index in [1.807, 2.05) is 0 Å². The first-order valence-electron chi connectivity index (χ1n) is 9.03. The zero-order valence-corrected chi connectivity index (χ0v) is 15.8. The Hall–Kier alpha value is -1.66. The molecule has 140 valence electrons. The molecule has 2 rings (SSSR count). The topological polar surface area (TPSA) is 40.1 Å². The van der Waals surface area contributed by atoms with Gasteiger partial charge in [0.15, 0.2) is 5.96 Å². The summed E-state index contributed by atoms with van der Waals surface area (Å²) in [6.07, 6.45) is 2.37. The van der Waals surface area contributed by atoms with Crippen molar-refractivity contribution in [3.63, 3.8) is 0 Å². The number of ether oxygens (including phenoxy) is 1. The number of likely N-dealkylation sites (N-methyl/N-ethyl adjacent to an activating group) is 2. The van der Waals surface area contributed by atoms with Crippen LogP contribution in [0, 0.1) is 5.82 Å². The van der Waals surface area contributed by atoms with Crippen molar-refractivity contribution in [3.05, 3.63) is 35.6 Å². The van der Waals surface area contributed by atoms with Gasteiger partial charge in [-0.2, -0.15) is 0 Å². The van der Waals surface area contributed by atoms with Crippen LogP contribution in [0.25, 0.3) is 0 Å². The number of hydrogen-bond donors (Lipinski definition) is 1. The van der Waals surface area contributed by atoms with Gasteiger partial charge < -0.3 is 15.0 Å². The van der Waals surface area contributed by atoms with Crippen LogP contribution < -0.4 is 5.32 Å². The Bertz CT molecular complexity index is 549. The molecule has 2 unspecified atom stereocenters. The maximum absolute atomic E-state index is 13.1. The molecule has 1 aromatic rings. The quantitative estimate of drug-likeness (QED) is 0.606. The maximum atomic E-state index is 13.1. The molecule has 0 aromatic heterocycles. The Morgan fingerprint density at radius 1 is 1.44 bits per heavy atom. The van der Waals surface area contributed by atoms with Crippen molar-refractivity contribution in [1.82, 2.24) is 15.1 Å².